The lowest BCUT2D eigenvalue weighted by atomic mass is 10.2. The Labute approximate surface area is 108 Å². The van der Waals surface area contributed by atoms with Gasteiger partial charge in [-0.1, -0.05) is 0 Å². The van der Waals surface area contributed by atoms with Gasteiger partial charge in [-0.2, -0.15) is 0 Å². The van der Waals surface area contributed by atoms with Crippen LogP contribution in [0.5, 0.6) is 11.5 Å². The van der Waals surface area contributed by atoms with E-state index in [1.165, 1.54) is 0 Å². The summed E-state index contributed by atoms with van der Waals surface area (Å²) < 4.78 is 6.66. The maximum absolute atomic E-state index is 5.77. The summed E-state index contributed by atoms with van der Waals surface area (Å²) in [4.78, 5) is 8.13. The van der Waals surface area contributed by atoms with Gasteiger partial charge in [0.15, 0.2) is 0 Å². The lowest BCUT2D eigenvalue weighted by molar-refractivity contribution is 0.470. The summed E-state index contributed by atoms with van der Waals surface area (Å²) >= 11 is 3.36. The van der Waals surface area contributed by atoms with Gasteiger partial charge in [-0.15, -0.1) is 0 Å². The fourth-order valence-corrected chi connectivity index (χ4v) is 1.76. The van der Waals surface area contributed by atoms with Crippen LogP contribution in [-0.4, -0.2) is 17.0 Å². The molecule has 2 aromatic heterocycles. The van der Waals surface area contributed by atoms with Crippen molar-refractivity contribution in [2.24, 2.45) is 0 Å². The average molecular weight is 294 g/mol. The zero-order chi connectivity index (χ0) is 12.1. The number of hydrogen-bond donors (Lipinski definition) is 1. The number of nitrogens with one attached hydrogen (secondary N) is 1. The maximum Gasteiger partial charge on any atom is 0.146 e. The normalized spacial score (nSPS) is 10.2. The summed E-state index contributed by atoms with van der Waals surface area (Å²) in [7, 11) is 1.89. The van der Waals surface area contributed by atoms with Gasteiger partial charge in [0.25, 0.3) is 0 Å². The van der Waals surface area contributed by atoms with Crippen LogP contribution in [0, 0.1) is 0 Å². The van der Waals surface area contributed by atoms with Gasteiger partial charge in [0.05, 0.1) is 6.20 Å². The number of aromatic nitrogens is 2. The van der Waals surface area contributed by atoms with Crippen LogP contribution in [0.2, 0.25) is 0 Å². The van der Waals surface area contributed by atoms with E-state index in [2.05, 4.69) is 31.2 Å². The molecule has 4 nitrogen and oxygen atoms in total. The number of ether oxygens (including phenoxy) is 1. The molecule has 0 saturated heterocycles. The Hall–Kier alpha value is -1.46. The van der Waals surface area contributed by atoms with Gasteiger partial charge in [0.2, 0.25) is 0 Å². The molecule has 0 aromatic carbocycles. The van der Waals surface area contributed by atoms with Crippen molar-refractivity contribution in [3.63, 3.8) is 0 Å². The van der Waals surface area contributed by atoms with E-state index in [9.17, 15) is 0 Å². The van der Waals surface area contributed by atoms with Crippen molar-refractivity contribution in [1.29, 1.82) is 0 Å². The zero-order valence-electron chi connectivity index (χ0n) is 9.35. The molecule has 17 heavy (non-hydrogen) atoms. The van der Waals surface area contributed by atoms with Crippen LogP contribution in [0.25, 0.3) is 0 Å². The van der Waals surface area contributed by atoms with E-state index in [0.29, 0.717) is 12.3 Å². The monoisotopic (exact) mass is 293 g/mol. The van der Waals surface area contributed by atoms with Crippen molar-refractivity contribution >= 4 is 15.9 Å². The fourth-order valence-electron chi connectivity index (χ4n) is 1.41. The van der Waals surface area contributed by atoms with Gasteiger partial charge < -0.3 is 10.1 Å². The second-order valence-electron chi connectivity index (χ2n) is 3.45. The third-order valence-electron chi connectivity index (χ3n) is 2.13. The zero-order valence-corrected chi connectivity index (χ0v) is 10.9. The molecule has 0 aliphatic rings. The van der Waals surface area contributed by atoms with Crippen LogP contribution in [0.1, 0.15) is 5.56 Å². The first-order chi connectivity index (χ1) is 8.29. The molecular weight excluding hydrogens is 282 g/mol. The first kappa shape index (κ1) is 12.0. The molecule has 0 radical (unpaired) electrons. The topological polar surface area (TPSA) is 47.0 Å². The number of rotatable bonds is 4. The predicted octanol–water partition coefficient (Wildman–Crippen LogP) is 2.75. The lowest BCUT2D eigenvalue weighted by Crippen LogP contribution is -2.06. The van der Waals surface area contributed by atoms with Gasteiger partial charge >= 0.3 is 0 Å². The average Bonchev–Trinajstić information content (AvgIpc) is 2.32. The van der Waals surface area contributed by atoms with E-state index < -0.39 is 0 Å². The Morgan fingerprint density at radius 3 is 2.94 bits per heavy atom. The highest BCUT2D eigenvalue weighted by atomic mass is 79.9. The van der Waals surface area contributed by atoms with Crippen molar-refractivity contribution < 1.29 is 4.74 Å². The van der Waals surface area contributed by atoms with Gasteiger partial charge in [0.1, 0.15) is 11.5 Å². The van der Waals surface area contributed by atoms with Crippen molar-refractivity contribution in [2.75, 3.05) is 7.05 Å². The summed E-state index contributed by atoms with van der Waals surface area (Å²) in [5.74, 6) is 1.48. The minimum absolute atomic E-state index is 0.697. The van der Waals surface area contributed by atoms with Crippen LogP contribution < -0.4 is 10.1 Å². The lowest BCUT2D eigenvalue weighted by Gasteiger charge is -2.10. The molecule has 0 bridgehead atoms. The minimum atomic E-state index is 0.697. The molecule has 0 aliphatic heterocycles. The molecule has 0 unspecified atom stereocenters. The second kappa shape index (κ2) is 5.75. The third-order valence-corrected chi connectivity index (χ3v) is 2.57. The van der Waals surface area contributed by atoms with Crippen LogP contribution in [0.3, 0.4) is 0 Å². The van der Waals surface area contributed by atoms with E-state index in [-0.39, 0.29) is 0 Å². The molecule has 0 saturated carbocycles. The van der Waals surface area contributed by atoms with Crippen molar-refractivity contribution in [3.05, 3.63) is 47.0 Å². The smallest absolute Gasteiger partial charge is 0.146 e. The molecule has 0 amide bonds. The quantitative estimate of drug-likeness (QED) is 0.942. The molecule has 2 heterocycles. The molecule has 88 valence electrons. The number of hydrogen-bond acceptors (Lipinski definition) is 4. The van der Waals surface area contributed by atoms with Gasteiger partial charge in [-0.3, -0.25) is 9.97 Å². The number of halogens is 1. The highest BCUT2D eigenvalue weighted by Gasteiger charge is 2.04. The van der Waals surface area contributed by atoms with E-state index in [0.717, 1.165) is 15.8 Å². The molecule has 0 atom stereocenters. The number of pyridine rings is 2. The molecule has 2 aromatic rings. The molecule has 0 aliphatic carbocycles. The summed E-state index contributed by atoms with van der Waals surface area (Å²) in [6.07, 6.45) is 6.89. The molecule has 1 N–H and O–H groups in total. The van der Waals surface area contributed by atoms with E-state index in [1.807, 2.05) is 19.2 Å². The summed E-state index contributed by atoms with van der Waals surface area (Å²) in [5.41, 5.74) is 1.01. The first-order valence-corrected chi connectivity index (χ1v) is 5.95. The molecular formula is C12H12BrN3O. The summed E-state index contributed by atoms with van der Waals surface area (Å²) in [6.45, 7) is 0.713. The highest BCUT2D eigenvalue weighted by molar-refractivity contribution is 9.10. The SMILES string of the molecule is CNCc1cnccc1Oc1cncc(Br)c1. The Morgan fingerprint density at radius 2 is 2.18 bits per heavy atom. The van der Waals surface area contributed by atoms with Crippen LogP contribution in [-0.2, 0) is 6.54 Å². The van der Waals surface area contributed by atoms with Crippen LogP contribution in [0.15, 0.2) is 41.4 Å². The molecule has 0 fully saturated rings. The summed E-state index contributed by atoms with van der Waals surface area (Å²) in [6, 6.07) is 3.71. The Morgan fingerprint density at radius 1 is 1.29 bits per heavy atom. The van der Waals surface area contributed by atoms with Gasteiger partial charge in [-0.05, 0) is 35.1 Å². The minimum Gasteiger partial charge on any atom is -0.455 e. The highest BCUT2D eigenvalue weighted by Crippen LogP contribution is 2.25. The predicted molar refractivity (Wildman–Crippen MR) is 69.0 cm³/mol. The van der Waals surface area contributed by atoms with E-state index in [1.54, 1.807) is 24.8 Å². The molecule has 0 spiro atoms. The van der Waals surface area contributed by atoms with Crippen molar-refractivity contribution in [2.45, 2.75) is 6.54 Å². The van der Waals surface area contributed by atoms with Gasteiger partial charge in [0, 0.05) is 35.2 Å². The summed E-state index contributed by atoms with van der Waals surface area (Å²) in [5, 5.41) is 3.08. The fraction of sp³-hybridized carbons (Fsp3) is 0.167. The van der Waals surface area contributed by atoms with E-state index in [4.69, 9.17) is 4.74 Å². The Bertz CT molecular complexity index is 505. The standard InChI is InChI=1S/C12H12BrN3O/c1-14-5-9-6-15-3-2-12(9)17-11-4-10(13)7-16-8-11/h2-4,6-8,14H,5H2,1H3. The molecule has 5 heteroatoms. The molecule has 2 rings (SSSR count). The van der Waals surface area contributed by atoms with E-state index >= 15 is 0 Å². The Kier molecular flexibility index (Phi) is 4.06. The first-order valence-electron chi connectivity index (χ1n) is 5.15. The largest absolute Gasteiger partial charge is 0.455 e. The van der Waals surface area contributed by atoms with Crippen LogP contribution in [0.4, 0.5) is 0 Å². The second-order valence-corrected chi connectivity index (χ2v) is 4.37. The van der Waals surface area contributed by atoms with Crippen molar-refractivity contribution in [3.8, 4) is 11.5 Å². The van der Waals surface area contributed by atoms with Crippen LogP contribution >= 0.6 is 15.9 Å². The van der Waals surface area contributed by atoms with Gasteiger partial charge in [-0.25, -0.2) is 0 Å². The van der Waals surface area contributed by atoms with Crippen molar-refractivity contribution in [1.82, 2.24) is 15.3 Å². The maximum atomic E-state index is 5.77. The third kappa shape index (κ3) is 3.25. The Balaban J connectivity index is 2.23. The number of nitrogens with zero attached hydrogens (tertiary/aromatic N) is 2.